The molecule has 2 atom stereocenters. The van der Waals surface area contributed by atoms with Gasteiger partial charge >= 0.3 is 6.18 Å². The number of rotatable bonds is 7. The SMILES string of the molecule is FN1C=C(/C(=C(/CC(F)(F)F)c2ccccc2)c2ccc(O[C@@H]3CCCNC3)nc2)N(C2CCCCO2)C1. The molecule has 0 spiro atoms. The Balaban J connectivity index is 1.59. The molecule has 0 radical (unpaired) electrons. The van der Waals surface area contributed by atoms with Crippen LogP contribution >= 0.6 is 0 Å². The van der Waals surface area contributed by atoms with Gasteiger partial charge < -0.3 is 19.7 Å². The summed E-state index contributed by atoms with van der Waals surface area (Å²) in [6.07, 6.45) is 1.03. The van der Waals surface area contributed by atoms with Crippen molar-refractivity contribution < 1.29 is 27.1 Å². The molecule has 1 aromatic heterocycles. The Hall–Kier alpha value is -3.11. The van der Waals surface area contributed by atoms with Crippen molar-refractivity contribution in [2.45, 2.75) is 57.0 Å². The third-order valence-corrected chi connectivity index (χ3v) is 6.98. The quantitative estimate of drug-likeness (QED) is 0.354. The smallest absolute Gasteiger partial charge is 0.393 e. The lowest BCUT2D eigenvalue weighted by Gasteiger charge is -2.35. The Morgan fingerprint density at radius 3 is 2.55 bits per heavy atom. The van der Waals surface area contributed by atoms with E-state index in [0.717, 1.165) is 32.2 Å². The monoisotopic (exact) mass is 532 g/mol. The van der Waals surface area contributed by atoms with Crippen LogP contribution < -0.4 is 10.1 Å². The highest BCUT2D eigenvalue weighted by atomic mass is 19.4. The number of allylic oxidation sites excluding steroid dienone is 2. The summed E-state index contributed by atoms with van der Waals surface area (Å²) in [5, 5.41) is 3.78. The number of halogens is 4. The molecule has 3 aliphatic heterocycles. The van der Waals surface area contributed by atoms with Gasteiger partial charge in [0.2, 0.25) is 5.88 Å². The molecule has 2 aromatic rings. The van der Waals surface area contributed by atoms with Gasteiger partial charge in [0.15, 0.2) is 0 Å². The standard InChI is InChI=1S/C28H32F4N4O2/c29-28(30,31)15-23(20-7-2-1-3-8-20)27(24-18-35(32)19-36(24)26-10-4-5-14-37-26)21-11-12-25(34-16-21)38-22-9-6-13-33-17-22/h1-3,7-8,11-12,16,18,22,26,33H,4-6,9-10,13-15,17,19H2/b27-23-/t22-,26?/m1/s1. The summed E-state index contributed by atoms with van der Waals surface area (Å²) in [7, 11) is 0. The Morgan fingerprint density at radius 2 is 1.89 bits per heavy atom. The van der Waals surface area contributed by atoms with Crippen molar-refractivity contribution in [2.75, 3.05) is 26.4 Å². The maximum Gasteiger partial charge on any atom is 0.393 e. The molecule has 0 aliphatic carbocycles. The zero-order valence-electron chi connectivity index (χ0n) is 21.1. The molecule has 3 aliphatic rings. The normalized spacial score (nSPS) is 23.2. The van der Waals surface area contributed by atoms with Gasteiger partial charge in [-0.3, -0.25) is 0 Å². The molecule has 10 heteroatoms. The molecule has 1 unspecified atom stereocenters. The second-order valence-corrected chi connectivity index (χ2v) is 9.83. The number of pyridine rings is 1. The number of nitrogens with zero attached hydrogens (tertiary/aromatic N) is 3. The van der Waals surface area contributed by atoms with Gasteiger partial charge in [-0.1, -0.05) is 34.8 Å². The van der Waals surface area contributed by atoms with Crippen molar-refractivity contribution >= 4 is 11.1 Å². The third-order valence-electron chi connectivity index (χ3n) is 6.98. The first-order valence-corrected chi connectivity index (χ1v) is 13.1. The van der Waals surface area contributed by atoms with E-state index in [1.54, 1.807) is 47.4 Å². The number of aromatic nitrogens is 1. The van der Waals surface area contributed by atoms with E-state index >= 15 is 0 Å². The third kappa shape index (κ3) is 6.47. The minimum atomic E-state index is -4.48. The molecule has 5 rings (SSSR count). The van der Waals surface area contributed by atoms with Crippen LogP contribution in [0.4, 0.5) is 17.7 Å². The largest absolute Gasteiger partial charge is 0.473 e. The highest BCUT2D eigenvalue weighted by molar-refractivity contribution is 5.98. The molecule has 1 aromatic carbocycles. The number of ether oxygens (including phenoxy) is 2. The van der Waals surface area contributed by atoms with Crippen LogP contribution in [-0.4, -0.2) is 59.9 Å². The van der Waals surface area contributed by atoms with Gasteiger partial charge in [0.05, 0.1) is 18.3 Å². The predicted molar refractivity (Wildman–Crippen MR) is 136 cm³/mol. The number of hydrogen-bond donors (Lipinski definition) is 1. The number of alkyl halides is 3. The molecule has 2 fully saturated rings. The van der Waals surface area contributed by atoms with Gasteiger partial charge in [0, 0.05) is 36.6 Å². The highest BCUT2D eigenvalue weighted by Crippen LogP contribution is 2.43. The van der Waals surface area contributed by atoms with Crippen molar-refractivity contribution in [1.29, 1.82) is 0 Å². The molecule has 4 heterocycles. The van der Waals surface area contributed by atoms with Crippen LogP contribution in [0.5, 0.6) is 5.88 Å². The van der Waals surface area contributed by atoms with Gasteiger partial charge in [-0.15, -0.1) is 0 Å². The predicted octanol–water partition coefficient (Wildman–Crippen LogP) is 5.90. The fraction of sp³-hybridized carbons (Fsp3) is 0.464. The fourth-order valence-electron chi connectivity index (χ4n) is 5.23. The maximum atomic E-state index is 14.8. The van der Waals surface area contributed by atoms with Crippen LogP contribution in [0.25, 0.3) is 11.1 Å². The number of hydrogen-bond acceptors (Lipinski definition) is 6. The van der Waals surface area contributed by atoms with Crippen molar-refractivity contribution in [3.8, 4) is 5.88 Å². The lowest BCUT2D eigenvalue weighted by Crippen LogP contribution is -2.39. The molecule has 0 amide bonds. The van der Waals surface area contributed by atoms with E-state index < -0.39 is 18.8 Å². The molecule has 2 saturated heterocycles. The molecule has 0 saturated carbocycles. The Labute approximate surface area is 219 Å². The van der Waals surface area contributed by atoms with Gasteiger partial charge in [-0.05, 0) is 55.9 Å². The van der Waals surface area contributed by atoms with Gasteiger partial charge in [-0.2, -0.15) is 18.3 Å². The maximum absolute atomic E-state index is 14.8. The molecule has 204 valence electrons. The Kier molecular flexibility index (Phi) is 8.18. The van der Waals surface area contributed by atoms with E-state index in [9.17, 15) is 17.7 Å². The zero-order valence-corrected chi connectivity index (χ0v) is 21.1. The first kappa shape index (κ1) is 26.5. The molecule has 6 nitrogen and oxygen atoms in total. The number of nitrogens with one attached hydrogen (secondary N) is 1. The summed E-state index contributed by atoms with van der Waals surface area (Å²) < 4.78 is 68.6. The first-order valence-electron chi connectivity index (χ1n) is 13.1. The Bertz CT molecular complexity index is 1130. The topological polar surface area (TPSA) is 49.9 Å². The van der Waals surface area contributed by atoms with Crippen LogP contribution in [0.2, 0.25) is 0 Å². The first-order chi connectivity index (χ1) is 18.4. The summed E-state index contributed by atoms with van der Waals surface area (Å²) in [4.78, 5) is 6.16. The minimum absolute atomic E-state index is 0.0150. The summed E-state index contributed by atoms with van der Waals surface area (Å²) in [5.41, 5.74) is 1.53. The van der Waals surface area contributed by atoms with E-state index in [4.69, 9.17) is 9.47 Å². The molecular formula is C28H32F4N4O2. The van der Waals surface area contributed by atoms with Crippen molar-refractivity contribution in [1.82, 2.24) is 20.3 Å². The Morgan fingerprint density at radius 1 is 1.05 bits per heavy atom. The zero-order chi connectivity index (χ0) is 26.5. The van der Waals surface area contributed by atoms with E-state index in [1.165, 1.54) is 12.4 Å². The van der Waals surface area contributed by atoms with Crippen molar-refractivity contribution in [3.05, 3.63) is 71.7 Å². The van der Waals surface area contributed by atoms with E-state index in [0.29, 0.717) is 47.4 Å². The fourth-order valence-corrected chi connectivity index (χ4v) is 5.23. The van der Waals surface area contributed by atoms with Gasteiger partial charge in [-0.25, -0.2) is 4.98 Å². The van der Waals surface area contributed by atoms with E-state index in [-0.39, 0.29) is 23.9 Å². The van der Waals surface area contributed by atoms with Gasteiger partial charge in [0.1, 0.15) is 19.0 Å². The highest BCUT2D eigenvalue weighted by Gasteiger charge is 2.37. The lowest BCUT2D eigenvalue weighted by atomic mass is 9.90. The minimum Gasteiger partial charge on any atom is -0.473 e. The average molecular weight is 533 g/mol. The molecule has 0 bridgehead atoms. The molecular weight excluding hydrogens is 500 g/mol. The molecule has 38 heavy (non-hydrogen) atoms. The summed E-state index contributed by atoms with van der Waals surface area (Å²) >= 11 is 0. The van der Waals surface area contributed by atoms with E-state index in [2.05, 4.69) is 10.3 Å². The number of benzene rings is 1. The summed E-state index contributed by atoms with van der Waals surface area (Å²) in [6.45, 7) is 2.07. The summed E-state index contributed by atoms with van der Waals surface area (Å²) in [5.74, 6) is 0.402. The number of piperidine rings is 1. The van der Waals surface area contributed by atoms with Crippen LogP contribution in [0.15, 0.2) is 60.6 Å². The average Bonchev–Trinajstić information content (AvgIpc) is 3.31. The lowest BCUT2D eigenvalue weighted by molar-refractivity contribution is -0.122. The van der Waals surface area contributed by atoms with Crippen LogP contribution in [0.1, 0.15) is 49.7 Å². The van der Waals surface area contributed by atoms with Crippen LogP contribution in [0.3, 0.4) is 0 Å². The van der Waals surface area contributed by atoms with Crippen molar-refractivity contribution in [2.24, 2.45) is 0 Å². The van der Waals surface area contributed by atoms with Crippen molar-refractivity contribution in [3.63, 3.8) is 0 Å². The van der Waals surface area contributed by atoms with Gasteiger partial charge in [0.25, 0.3) is 0 Å². The van der Waals surface area contributed by atoms with E-state index in [1.807, 2.05) is 0 Å². The summed E-state index contributed by atoms with van der Waals surface area (Å²) in [6, 6.07) is 11.8. The second kappa shape index (κ2) is 11.7. The molecule has 1 N–H and O–H groups in total. The second-order valence-electron chi connectivity index (χ2n) is 9.83. The van der Waals surface area contributed by atoms with Crippen LogP contribution in [-0.2, 0) is 4.74 Å². The van der Waals surface area contributed by atoms with Crippen LogP contribution in [0, 0.1) is 0 Å².